The molecule has 1 atom stereocenters. The fourth-order valence-electron chi connectivity index (χ4n) is 2.13. The highest BCUT2D eigenvalue weighted by Crippen LogP contribution is 2.53. The molecular weight excluding hydrogens is 331 g/mol. The Balaban J connectivity index is 2.11. The van der Waals surface area contributed by atoms with Crippen molar-refractivity contribution in [1.29, 1.82) is 0 Å². The Morgan fingerprint density at radius 1 is 1.00 bits per heavy atom. The molecule has 2 aromatic carbocycles. The van der Waals surface area contributed by atoms with Crippen molar-refractivity contribution >= 4 is 29.7 Å². The first-order valence-corrected chi connectivity index (χ1v) is 11.2. The summed E-state index contributed by atoms with van der Waals surface area (Å²) in [6.45, 7) is 4.26. The highest BCUT2D eigenvalue weighted by molar-refractivity contribution is 8.60. The molecule has 0 aromatic heterocycles. The van der Waals surface area contributed by atoms with Crippen molar-refractivity contribution in [3.8, 4) is 11.5 Å². The number of thiol groups is 1. The minimum atomic E-state index is -2.68. The molecule has 0 spiro atoms. The highest BCUT2D eigenvalue weighted by atomic mass is 32.9. The third-order valence-electron chi connectivity index (χ3n) is 3.26. The lowest BCUT2D eigenvalue weighted by Crippen LogP contribution is -1.98. The molecule has 0 heterocycles. The normalized spacial score (nSPS) is 13.4. The number of hydrogen-bond acceptors (Lipinski definition) is 3. The van der Waals surface area contributed by atoms with Gasteiger partial charge in [0.15, 0.2) is 0 Å². The van der Waals surface area contributed by atoms with Gasteiger partial charge in [-0.25, -0.2) is 0 Å². The molecule has 0 aliphatic heterocycles. The number of aryl methyl sites for hydroxylation is 2. The average Bonchev–Trinajstić information content (AvgIpc) is 2.49. The Morgan fingerprint density at radius 3 is 2.32 bits per heavy atom. The van der Waals surface area contributed by atoms with E-state index < -0.39 is 5.69 Å². The van der Waals surface area contributed by atoms with Crippen molar-refractivity contribution in [2.45, 2.75) is 33.1 Å². The van der Waals surface area contributed by atoms with Crippen LogP contribution in [0.2, 0.25) is 0 Å². The minimum absolute atomic E-state index is 0.698. The Hall–Kier alpha value is -0.960. The third-order valence-corrected chi connectivity index (χ3v) is 5.06. The third kappa shape index (κ3) is 5.05. The first kappa shape index (κ1) is 17.4. The van der Waals surface area contributed by atoms with Gasteiger partial charge >= 0.3 is 5.69 Å². The van der Waals surface area contributed by atoms with Gasteiger partial charge in [-0.15, -0.1) is 0 Å². The van der Waals surface area contributed by atoms with Gasteiger partial charge < -0.3 is 9.05 Å². The van der Waals surface area contributed by atoms with Gasteiger partial charge in [-0.05, 0) is 54.0 Å². The van der Waals surface area contributed by atoms with Crippen LogP contribution in [0.1, 0.15) is 31.4 Å². The van der Waals surface area contributed by atoms with E-state index in [1.54, 1.807) is 0 Å². The smallest absolute Gasteiger partial charge is 0.345 e. The second-order valence-electron chi connectivity index (χ2n) is 5.01. The molecule has 0 fully saturated rings. The lowest BCUT2D eigenvalue weighted by atomic mass is 10.1. The first-order valence-electron chi connectivity index (χ1n) is 7.43. The molecule has 0 aliphatic rings. The number of para-hydroxylation sites is 1. The molecular formula is C17H21O2PS2. The van der Waals surface area contributed by atoms with E-state index in [1.165, 1.54) is 5.56 Å². The van der Waals surface area contributed by atoms with Crippen LogP contribution in [0, 0.1) is 0 Å². The van der Waals surface area contributed by atoms with Gasteiger partial charge in [0.05, 0.1) is 0 Å². The molecule has 22 heavy (non-hydrogen) atoms. The van der Waals surface area contributed by atoms with Gasteiger partial charge in [0.2, 0.25) is 0 Å². The lowest BCUT2D eigenvalue weighted by molar-refractivity contribution is 0.502. The zero-order valence-corrected chi connectivity index (χ0v) is 15.5. The van der Waals surface area contributed by atoms with Crippen LogP contribution >= 0.6 is 17.9 Å². The topological polar surface area (TPSA) is 18.5 Å². The maximum Gasteiger partial charge on any atom is 0.345 e. The van der Waals surface area contributed by atoms with Gasteiger partial charge in [0.1, 0.15) is 11.5 Å². The standard InChI is InChI=1S/C17H21O2PS2/c1-3-7-15-8-5-6-9-17(15)19-20(21,22)18-16-12-10-14(4-2)11-13-16/h5-6,8-13H,3-4,7H2,1-2H3,(H,21,22). The summed E-state index contributed by atoms with van der Waals surface area (Å²) in [5.41, 5.74) is -0.287. The van der Waals surface area contributed by atoms with E-state index in [4.69, 9.17) is 20.9 Å². The van der Waals surface area contributed by atoms with E-state index in [1.807, 2.05) is 42.5 Å². The zero-order chi connectivity index (χ0) is 16.0. The second kappa shape index (κ2) is 8.05. The molecule has 0 saturated carbocycles. The molecule has 1 unspecified atom stereocenters. The van der Waals surface area contributed by atoms with Gasteiger partial charge in [0.25, 0.3) is 0 Å². The van der Waals surface area contributed by atoms with Crippen LogP contribution in [0.4, 0.5) is 0 Å². The van der Waals surface area contributed by atoms with E-state index in [0.29, 0.717) is 5.75 Å². The molecule has 0 N–H and O–H groups in total. The van der Waals surface area contributed by atoms with Gasteiger partial charge in [-0.1, -0.05) is 62.8 Å². The van der Waals surface area contributed by atoms with Gasteiger partial charge in [0, 0.05) is 0 Å². The van der Waals surface area contributed by atoms with Crippen molar-refractivity contribution in [3.05, 3.63) is 59.7 Å². The lowest BCUT2D eigenvalue weighted by Gasteiger charge is -2.20. The summed E-state index contributed by atoms with van der Waals surface area (Å²) in [5, 5.41) is 0. The van der Waals surface area contributed by atoms with E-state index in [-0.39, 0.29) is 0 Å². The van der Waals surface area contributed by atoms with E-state index in [0.717, 1.165) is 30.6 Å². The van der Waals surface area contributed by atoms with Crippen LogP contribution in [0.3, 0.4) is 0 Å². The molecule has 0 radical (unpaired) electrons. The highest BCUT2D eigenvalue weighted by Gasteiger charge is 2.18. The maximum atomic E-state index is 5.91. The maximum absolute atomic E-state index is 5.91. The van der Waals surface area contributed by atoms with Crippen LogP contribution < -0.4 is 9.05 Å². The Bertz CT molecular complexity index is 656. The summed E-state index contributed by atoms with van der Waals surface area (Å²) < 4.78 is 11.7. The van der Waals surface area contributed by atoms with E-state index in [2.05, 4.69) is 32.2 Å². The van der Waals surface area contributed by atoms with Crippen molar-refractivity contribution in [3.63, 3.8) is 0 Å². The number of hydrogen-bond donors (Lipinski definition) is 1. The summed E-state index contributed by atoms with van der Waals surface area (Å²) in [7, 11) is 0. The minimum Gasteiger partial charge on any atom is -0.428 e. The monoisotopic (exact) mass is 352 g/mol. The summed E-state index contributed by atoms with van der Waals surface area (Å²) >= 11 is 9.90. The molecule has 118 valence electrons. The Labute approximate surface area is 143 Å². The van der Waals surface area contributed by atoms with Crippen molar-refractivity contribution in [2.75, 3.05) is 0 Å². The number of benzene rings is 2. The summed E-state index contributed by atoms with van der Waals surface area (Å²) in [6.07, 6.45) is 3.00. The van der Waals surface area contributed by atoms with Crippen LogP contribution in [-0.4, -0.2) is 0 Å². The van der Waals surface area contributed by atoms with Crippen LogP contribution in [0.25, 0.3) is 0 Å². The Morgan fingerprint density at radius 2 is 1.68 bits per heavy atom. The average molecular weight is 352 g/mol. The summed E-state index contributed by atoms with van der Waals surface area (Å²) in [5.74, 6) is 1.47. The fraction of sp³-hybridized carbons (Fsp3) is 0.294. The summed E-state index contributed by atoms with van der Waals surface area (Å²) in [6, 6.07) is 15.8. The second-order valence-corrected chi connectivity index (χ2v) is 10.1. The van der Waals surface area contributed by atoms with E-state index in [9.17, 15) is 0 Å². The molecule has 0 bridgehead atoms. The molecule has 2 nitrogen and oxygen atoms in total. The molecule has 2 aromatic rings. The SMILES string of the molecule is CCCc1ccccc1OP(=S)(S)Oc1ccc(CC)cc1. The molecule has 0 amide bonds. The molecule has 0 saturated heterocycles. The van der Waals surface area contributed by atoms with Crippen LogP contribution in [0.15, 0.2) is 48.5 Å². The predicted octanol–water partition coefficient (Wildman–Crippen LogP) is 5.81. The van der Waals surface area contributed by atoms with Crippen LogP contribution in [0.5, 0.6) is 11.5 Å². The first-order chi connectivity index (χ1) is 10.5. The molecule has 0 aliphatic carbocycles. The Kier molecular flexibility index (Phi) is 6.37. The predicted molar refractivity (Wildman–Crippen MR) is 101 cm³/mol. The van der Waals surface area contributed by atoms with E-state index >= 15 is 0 Å². The molecule has 2 rings (SSSR count). The van der Waals surface area contributed by atoms with Crippen molar-refractivity contribution < 1.29 is 9.05 Å². The van der Waals surface area contributed by atoms with Crippen molar-refractivity contribution in [1.82, 2.24) is 0 Å². The summed E-state index contributed by atoms with van der Waals surface area (Å²) in [4.78, 5) is 0. The fourth-order valence-corrected chi connectivity index (χ4v) is 4.03. The largest absolute Gasteiger partial charge is 0.428 e. The van der Waals surface area contributed by atoms with Crippen LogP contribution in [-0.2, 0) is 24.6 Å². The zero-order valence-electron chi connectivity index (χ0n) is 12.9. The quantitative estimate of drug-likeness (QED) is 0.501. The van der Waals surface area contributed by atoms with Gasteiger partial charge in [-0.2, -0.15) is 0 Å². The number of rotatable bonds is 7. The van der Waals surface area contributed by atoms with Crippen molar-refractivity contribution in [2.24, 2.45) is 0 Å². The van der Waals surface area contributed by atoms with Gasteiger partial charge in [-0.3, -0.25) is 0 Å². The molecule has 5 heteroatoms.